The molecular weight excluding hydrogens is 274 g/mol. The number of carbonyl (C=O) groups is 1. The van der Waals surface area contributed by atoms with Crippen LogP contribution in [0.2, 0.25) is 0 Å². The molecule has 0 saturated carbocycles. The van der Waals surface area contributed by atoms with Crippen LogP contribution >= 0.6 is 0 Å². The molecule has 4 nitrogen and oxygen atoms in total. The molecule has 1 aliphatic carbocycles. The molecule has 0 aromatic carbocycles. The Labute approximate surface area is 132 Å². The second-order valence-corrected chi connectivity index (χ2v) is 5.57. The van der Waals surface area contributed by atoms with Crippen molar-refractivity contribution in [2.45, 2.75) is 26.8 Å². The molecule has 2 rings (SSSR count). The third-order valence-corrected chi connectivity index (χ3v) is 3.61. The van der Waals surface area contributed by atoms with Crippen molar-refractivity contribution in [3.8, 4) is 0 Å². The van der Waals surface area contributed by atoms with Gasteiger partial charge in [-0.25, -0.2) is 0 Å². The zero-order valence-corrected chi connectivity index (χ0v) is 13.6. The van der Waals surface area contributed by atoms with Crippen LogP contribution in [0.25, 0.3) is 0 Å². The Bertz CT molecular complexity index is 629. The summed E-state index contributed by atoms with van der Waals surface area (Å²) in [7, 11) is 2.05. The highest BCUT2D eigenvalue weighted by Gasteiger charge is 2.21. The van der Waals surface area contributed by atoms with Crippen molar-refractivity contribution in [2.24, 2.45) is 4.99 Å². The lowest BCUT2D eigenvalue weighted by Crippen LogP contribution is -2.34. The van der Waals surface area contributed by atoms with Gasteiger partial charge in [-0.05, 0) is 44.2 Å². The first-order valence-electron chi connectivity index (χ1n) is 7.47. The SMILES string of the molecule is C/C=C(\N=C(C)C)C(=O)NCC1=C2C=CC=CC2N(C)C=C1. The van der Waals surface area contributed by atoms with Crippen molar-refractivity contribution in [3.63, 3.8) is 0 Å². The second-order valence-electron chi connectivity index (χ2n) is 5.57. The minimum atomic E-state index is -0.143. The van der Waals surface area contributed by atoms with Crippen molar-refractivity contribution < 1.29 is 4.79 Å². The summed E-state index contributed by atoms with van der Waals surface area (Å²) in [5.41, 5.74) is 3.68. The van der Waals surface area contributed by atoms with E-state index in [-0.39, 0.29) is 11.9 Å². The maximum atomic E-state index is 12.2. The first-order chi connectivity index (χ1) is 10.5. The average Bonchev–Trinajstić information content (AvgIpc) is 2.51. The molecule has 1 atom stereocenters. The monoisotopic (exact) mass is 297 g/mol. The average molecular weight is 297 g/mol. The number of aliphatic imine (C=N–C) groups is 1. The van der Waals surface area contributed by atoms with E-state index in [0.717, 1.165) is 11.3 Å². The van der Waals surface area contributed by atoms with Gasteiger partial charge < -0.3 is 10.2 Å². The standard InChI is InChI=1S/C18H23N3O/c1-5-16(20-13(2)3)18(22)19-12-14-10-11-21(4)17-9-7-6-8-15(14)17/h5-11,17H,12H2,1-4H3,(H,19,22)/b16-5-. The van der Waals surface area contributed by atoms with Crippen LogP contribution < -0.4 is 5.32 Å². The highest BCUT2D eigenvalue weighted by atomic mass is 16.2. The Morgan fingerprint density at radius 1 is 1.36 bits per heavy atom. The number of allylic oxidation sites excluding steroid dienone is 3. The number of nitrogens with zero attached hydrogens (tertiary/aromatic N) is 2. The number of hydrogen-bond donors (Lipinski definition) is 1. The largest absolute Gasteiger partial charge is 0.370 e. The molecule has 0 saturated heterocycles. The molecule has 4 heteroatoms. The van der Waals surface area contributed by atoms with E-state index < -0.39 is 0 Å². The lowest BCUT2D eigenvalue weighted by atomic mass is 9.93. The van der Waals surface area contributed by atoms with Crippen molar-refractivity contribution >= 4 is 11.6 Å². The van der Waals surface area contributed by atoms with Crippen LogP contribution in [-0.2, 0) is 4.79 Å². The minimum Gasteiger partial charge on any atom is -0.370 e. The van der Waals surface area contributed by atoms with Gasteiger partial charge in [-0.2, -0.15) is 0 Å². The molecule has 1 aliphatic heterocycles. The van der Waals surface area contributed by atoms with Crippen LogP contribution in [0.15, 0.2) is 64.5 Å². The lowest BCUT2D eigenvalue weighted by Gasteiger charge is -2.32. The molecular formula is C18H23N3O. The van der Waals surface area contributed by atoms with Crippen LogP contribution in [-0.4, -0.2) is 36.2 Å². The summed E-state index contributed by atoms with van der Waals surface area (Å²) < 4.78 is 0. The molecule has 0 fully saturated rings. The lowest BCUT2D eigenvalue weighted by molar-refractivity contribution is -0.117. The van der Waals surface area contributed by atoms with E-state index in [2.05, 4.69) is 46.6 Å². The summed E-state index contributed by atoms with van der Waals surface area (Å²) in [4.78, 5) is 18.6. The van der Waals surface area contributed by atoms with E-state index in [1.807, 2.05) is 33.0 Å². The number of fused-ring (bicyclic) bond motifs is 1. The topological polar surface area (TPSA) is 44.7 Å². The van der Waals surface area contributed by atoms with Crippen molar-refractivity contribution in [1.82, 2.24) is 10.2 Å². The number of amides is 1. The van der Waals surface area contributed by atoms with Gasteiger partial charge >= 0.3 is 0 Å². The van der Waals surface area contributed by atoms with E-state index in [4.69, 9.17) is 0 Å². The third-order valence-electron chi connectivity index (χ3n) is 3.61. The van der Waals surface area contributed by atoms with E-state index in [1.165, 1.54) is 5.57 Å². The van der Waals surface area contributed by atoms with Crippen LogP contribution in [0.5, 0.6) is 0 Å². The predicted molar refractivity (Wildman–Crippen MR) is 91.5 cm³/mol. The normalized spacial score (nSPS) is 20.1. The molecule has 0 spiro atoms. The summed E-state index contributed by atoms with van der Waals surface area (Å²) >= 11 is 0. The number of likely N-dealkylation sites (N-methyl/N-ethyl adjacent to an activating group) is 1. The maximum Gasteiger partial charge on any atom is 0.269 e. The van der Waals surface area contributed by atoms with Gasteiger partial charge in [0.2, 0.25) is 0 Å². The second kappa shape index (κ2) is 7.07. The molecule has 1 unspecified atom stereocenters. The highest BCUT2D eigenvalue weighted by Crippen LogP contribution is 2.25. The van der Waals surface area contributed by atoms with Crippen LogP contribution in [0, 0.1) is 0 Å². The number of rotatable bonds is 4. The molecule has 1 amide bonds. The van der Waals surface area contributed by atoms with E-state index in [0.29, 0.717) is 12.2 Å². The molecule has 1 heterocycles. The predicted octanol–water partition coefficient (Wildman–Crippen LogP) is 2.74. The van der Waals surface area contributed by atoms with E-state index >= 15 is 0 Å². The summed E-state index contributed by atoms with van der Waals surface area (Å²) in [5, 5.41) is 2.96. The van der Waals surface area contributed by atoms with E-state index in [1.54, 1.807) is 6.08 Å². The zero-order valence-electron chi connectivity index (χ0n) is 13.6. The zero-order chi connectivity index (χ0) is 16.1. The Morgan fingerprint density at radius 2 is 2.14 bits per heavy atom. The summed E-state index contributed by atoms with van der Waals surface area (Å²) in [5.74, 6) is -0.143. The molecule has 22 heavy (non-hydrogen) atoms. The Morgan fingerprint density at radius 3 is 2.82 bits per heavy atom. The van der Waals surface area contributed by atoms with Crippen LogP contribution in [0.1, 0.15) is 20.8 Å². The van der Waals surface area contributed by atoms with Gasteiger partial charge in [0.1, 0.15) is 5.70 Å². The molecule has 0 aromatic rings. The molecule has 1 N–H and O–H groups in total. The molecule has 0 radical (unpaired) electrons. The van der Waals surface area contributed by atoms with Crippen LogP contribution in [0.3, 0.4) is 0 Å². The fourth-order valence-electron chi connectivity index (χ4n) is 2.49. The van der Waals surface area contributed by atoms with Crippen LogP contribution in [0.4, 0.5) is 0 Å². The molecule has 0 bridgehead atoms. The van der Waals surface area contributed by atoms with Crippen molar-refractivity contribution in [2.75, 3.05) is 13.6 Å². The van der Waals surface area contributed by atoms with Gasteiger partial charge in [0.05, 0.1) is 6.04 Å². The molecule has 2 aliphatic rings. The number of hydrogen-bond acceptors (Lipinski definition) is 3. The van der Waals surface area contributed by atoms with Gasteiger partial charge in [-0.1, -0.05) is 30.4 Å². The molecule has 116 valence electrons. The molecule has 0 aromatic heterocycles. The Balaban J connectivity index is 2.10. The van der Waals surface area contributed by atoms with Crippen molar-refractivity contribution in [3.05, 3.63) is 59.5 Å². The fourth-order valence-corrected chi connectivity index (χ4v) is 2.49. The third kappa shape index (κ3) is 3.64. The Hall–Kier alpha value is -2.36. The fraction of sp³-hybridized carbons (Fsp3) is 0.333. The number of nitrogens with one attached hydrogen (secondary N) is 1. The highest BCUT2D eigenvalue weighted by molar-refractivity contribution is 5.96. The summed E-state index contributed by atoms with van der Waals surface area (Å²) in [6.45, 7) is 6.09. The first kappa shape index (κ1) is 16.0. The quantitative estimate of drug-likeness (QED) is 0.640. The van der Waals surface area contributed by atoms with Crippen molar-refractivity contribution in [1.29, 1.82) is 0 Å². The van der Waals surface area contributed by atoms with Gasteiger partial charge in [0.15, 0.2) is 0 Å². The summed E-state index contributed by atoms with van der Waals surface area (Å²) in [6.07, 6.45) is 14.2. The Kier molecular flexibility index (Phi) is 5.15. The van der Waals surface area contributed by atoms with Gasteiger partial charge in [0, 0.05) is 19.3 Å². The number of carbonyl (C=O) groups excluding carboxylic acids is 1. The maximum absolute atomic E-state index is 12.2. The van der Waals surface area contributed by atoms with Gasteiger partial charge in [-0.3, -0.25) is 9.79 Å². The van der Waals surface area contributed by atoms with Gasteiger partial charge in [-0.15, -0.1) is 0 Å². The van der Waals surface area contributed by atoms with E-state index in [9.17, 15) is 4.79 Å². The smallest absolute Gasteiger partial charge is 0.269 e. The summed E-state index contributed by atoms with van der Waals surface area (Å²) in [6, 6.07) is 0.249. The first-order valence-corrected chi connectivity index (χ1v) is 7.47. The van der Waals surface area contributed by atoms with Gasteiger partial charge in [0.25, 0.3) is 5.91 Å². The minimum absolute atomic E-state index is 0.143.